The molecule has 0 bridgehead atoms. The van der Waals surface area contributed by atoms with Crippen LogP contribution in [0.15, 0.2) is 28.7 Å². The van der Waals surface area contributed by atoms with Gasteiger partial charge in [0.25, 0.3) is 0 Å². The quantitative estimate of drug-likeness (QED) is 0.802. The van der Waals surface area contributed by atoms with Gasteiger partial charge in [-0.3, -0.25) is 14.5 Å². The van der Waals surface area contributed by atoms with Crippen molar-refractivity contribution in [2.75, 3.05) is 26.7 Å². The van der Waals surface area contributed by atoms with Gasteiger partial charge in [0.1, 0.15) is 0 Å². The summed E-state index contributed by atoms with van der Waals surface area (Å²) in [5.41, 5.74) is 1.16. The van der Waals surface area contributed by atoms with Gasteiger partial charge in [0, 0.05) is 30.0 Å². The van der Waals surface area contributed by atoms with Gasteiger partial charge in [-0.05, 0) is 50.4 Å². The fourth-order valence-corrected chi connectivity index (χ4v) is 3.66. The summed E-state index contributed by atoms with van der Waals surface area (Å²) in [7, 11) is 1.85. The van der Waals surface area contributed by atoms with E-state index >= 15 is 0 Å². The number of benzene rings is 1. The predicted octanol–water partition coefficient (Wildman–Crippen LogP) is 2.78. The maximum absolute atomic E-state index is 12.5. The van der Waals surface area contributed by atoms with Gasteiger partial charge in [0.15, 0.2) is 0 Å². The van der Waals surface area contributed by atoms with Crippen molar-refractivity contribution in [3.05, 3.63) is 34.3 Å². The minimum atomic E-state index is -0.802. The second-order valence-corrected chi connectivity index (χ2v) is 7.32. The van der Waals surface area contributed by atoms with Crippen LogP contribution in [0.4, 0.5) is 0 Å². The standard InChI is InChI=1S/C18H25BrN2O3/c1-20(13-18(23)24)16-6-3-10-21(11-9-16)17(22)8-7-14-4-2-5-15(19)12-14/h2,4-5,12,16H,3,6-11,13H2,1H3,(H,23,24)/t16-/m0/s1. The Hall–Kier alpha value is -1.40. The summed E-state index contributed by atoms with van der Waals surface area (Å²) < 4.78 is 1.03. The first kappa shape index (κ1) is 18.9. The topological polar surface area (TPSA) is 60.9 Å². The highest BCUT2D eigenvalue weighted by Crippen LogP contribution is 2.18. The van der Waals surface area contributed by atoms with Gasteiger partial charge in [-0.2, -0.15) is 0 Å². The predicted molar refractivity (Wildman–Crippen MR) is 96.9 cm³/mol. The van der Waals surface area contributed by atoms with Crippen molar-refractivity contribution in [3.8, 4) is 0 Å². The number of nitrogens with zero attached hydrogens (tertiary/aromatic N) is 2. The van der Waals surface area contributed by atoms with Crippen molar-refractivity contribution in [3.63, 3.8) is 0 Å². The first-order chi connectivity index (χ1) is 11.5. The summed E-state index contributed by atoms with van der Waals surface area (Å²) in [6, 6.07) is 8.29. The Morgan fingerprint density at radius 2 is 2.12 bits per heavy atom. The normalized spacial score (nSPS) is 18.5. The Kier molecular flexibility index (Phi) is 7.24. The highest BCUT2D eigenvalue weighted by molar-refractivity contribution is 9.10. The smallest absolute Gasteiger partial charge is 0.317 e. The fraction of sp³-hybridized carbons (Fsp3) is 0.556. The molecule has 6 heteroatoms. The minimum absolute atomic E-state index is 0.0570. The Balaban J connectivity index is 1.82. The van der Waals surface area contributed by atoms with E-state index in [9.17, 15) is 9.59 Å². The molecule has 0 unspecified atom stereocenters. The van der Waals surface area contributed by atoms with Gasteiger partial charge in [-0.1, -0.05) is 28.1 Å². The molecule has 0 radical (unpaired) electrons. The van der Waals surface area contributed by atoms with Crippen molar-refractivity contribution in [1.29, 1.82) is 0 Å². The summed E-state index contributed by atoms with van der Waals surface area (Å²) in [6.45, 7) is 1.54. The lowest BCUT2D eigenvalue weighted by Gasteiger charge is -2.25. The van der Waals surface area contributed by atoms with E-state index in [1.807, 2.05) is 41.1 Å². The molecule has 1 aliphatic heterocycles. The van der Waals surface area contributed by atoms with Crippen LogP contribution in [0, 0.1) is 0 Å². The molecule has 1 saturated heterocycles. The SMILES string of the molecule is CN(CC(=O)O)[C@H]1CCCN(C(=O)CCc2cccc(Br)c2)CC1. The zero-order valence-electron chi connectivity index (χ0n) is 14.1. The van der Waals surface area contributed by atoms with Gasteiger partial charge in [-0.25, -0.2) is 0 Å². The van der Waals surface area contributed by atoms with Crippen molar-refractivity contribution in [1.82, 2.24) is 9.80 Å². The van der Waals surface area contributed by atoms with Crippen molar-refractivity contribution >= 4 is 27.8 Å². The first-order valence-electron chi connectivity index (χ1n) is 8.40. The lowest BCUT2D eigenvalue weighted by Crippen LogP contribution is -2.37. The van der Waals surface area contributed by atoms with Crippen LogP contribution in [0.25, 0.3) is 0 Å². The van der Waals surface area contributed by atoms with Crippen LogP contribution in [-0.2, 0) is 16.0 Å². The number of carboxylic acid groups (broad SMARTS) is 1. The number of likely N-dealkylation sites (N-methyl/N-ethyl adjacent to an activating group) is 1. The molecule has 1 amide bonds. The fourth-order valence-electron chi connectivity index (χ4n) is 3.21. The number of carbonyl (C=O) groups excluding carboxylic acids is 1. The van der Waals surface area contributed by atoms with E-state index < -0.39 is 5.97 Å². The summed E-state index contributed by atoms with van der Waals surface area (Å²) in [5.74, 6) is -0.611. The van der Waals surface area contributed by atoms with Crippen LogP contribution in [0.5, 0.6) is 0 Å². The molecule has 1 aromatic rings. The Labute approximate surface area is 151 Å². The number of hydrogen-bond donors (Lipinski definition) is 1. The van der Waals surface area contributed by atoms with Gasteiger partial charge >= 0.3 is 5.97 Å². The van der Waals surface area contributed by atoms with E-state index in [-0.39, 0.29) is 18.5 Å². The third-order valence-corrected chi connectivity index (χ3v) is 5.07. The average molecular weight is 397 g/mol. The van der Waals surface area contributed by atoms with E-state index in [1.54, 1.807) is 0 Å². The Bertz CT molecular complexity index is 579. The van der Waals surface area contributed by atoms with E-state index in [1.165, 1.54) is 0 Å². The molecule has 1 heterocycles. The van der Waals surface area contributed by atoms with Gasteiger partial charge in [0.2, 0.25) is 5.91 Å². The highest BCUT2D eigenvalue weighted by atomic mass is 79.9. The molecule has 1 atom stereocenters. The van der Waals surface area contributed by atoms with Gasteiger partial charge in [0.05, 0.1) is 6.54 Å². The second-order valence-electron chi connectivity index (χ2n) is 6.40. The molecular weight excluding hydrogens is 372 g/mol. The van der Waals surface area contributed by atoms with Crippen LogP contribution in [0.1, 0.15) is 31.2 Å². The molecule has 0 saturated carbocycles. The maximum Gasteiger partial charge on any atom is 0.317 e. The van der Waals surface area contributed by atoms with Gasteiger partial charge in [-0.15, -0.1) is 0 Å². The molecule has 1 aromatic carbocycles. The van der Waals surface area contributed by atoms with Crippen molar-refractivity contribution in [2.24, 2.45) is 0 Å². The largest absolute Gasteiger partial charge is 0.480 e. The van der Waals surface area contributed by atoms with Crippen LogP contribution < -0.4 is 0 Å². The van der Waals surface area contributed by atoms with E-state index in [0.717, 1.165) is 42.3 Å². The van der Waals surface area contributed by atoms with Crippen LogP contribution in [0.2, 0.25) is 0 Å². The molecule has 0 aliphatic carbocycles. The Morgan fingerprint density at radius 3 is 2.83 bits per heavy atom. The lowest BCUT2D eigenvalue weighted by molar-refractivity contribution is -0.138. The lowest BCUT2D eigenvalue weighted by atomic mass is 10.1. The molecular formula is C18H25BrN2O3. The highest BCUT2D eigenvalue weighted by Gasteiger charge is 2.23. The molecule has 0 aromatic heterocycles. The third kappa shape index (κ3) is 5.91. The van der Waals surface area contributed by atoms with Crippen molar-refractivity contribution in [2.45, 2.75) is 38.1 Å². The average Bonchev–Trinajstić information content (AvgIpc) is 2.78. The second kappa shape index (κ2) is 9.18. The molecule has 0 spiro atoms. The zero-order chi connectivity index (χ0) is 17.5. The van der Waals surface area contributed by atoms with Crippen LogP contribution >= 0.6 is 15.9 Å². The number of hydrogen-bond acceptors (Lipinski definition) is 3. The van der Waals surface area contributed by atoms with E-state index in [2.05, 4.69) is 15.9 Å². The molecule has 132 valence electrons. The number of halogens is 1. The molecule has 2 rings (SSSR count). The third-order valence-electron chi connectivity index (χ3n) is 4.57. The number of aliphatic carboxylic acids is 1. The number of likely N-dealkylation sites (tertiary alicyclic amines) is 1. The van der Waals surface area contributed by atoms with Crippen molar-refractivity contribution < 1.29 is 14.7 Å². The van der Waals surface area contributed by atoms with Crippen LogP contribution in [0.3, 0.4) is 0 Å². The number of carbonyl (C=O) groups is 2. The number of amides is 1. The summed E-state index contributed by atoms with van der Waals surface area (Å²) >= 11 is 3.45. The molecule has 1 N–H and O–H groups in total. The zero-order valence-corrected chi connectivity index (χ0v) is 15.7. The minimum Gasteiger partial charge on any atom is -0.480 e. The monoisotopic (exact) mass is 396 g/mol. The molecule has 1 aliphatic rings. The van der Waals surface area contributed by atoms with E-state index in [0.29, 0.717) is 13.0 Å². The molecule has 5 nitrogen and oxygen atoms in total. The Morgan fingerprint density at radius 1 is 1.33 bits per heavy atom. The number of carboxylic acids is 1. The van der Waals surface area contributed by atoms with E-state index in [4.69, 9.17) is 5.11 Å². The summed E-state index contributed by atoms with van der Waals surface area (Å²) in [6.07, 6.45) is 3.98. The summed E-state index contributed by atoms with van der Waals surface area (Å²) in [4.78, 5) is 27.1. The van der Waals surface area contributed by atoms with Gasteiger partial charge < -0.3 is 10.0 Å². The molecule has 24 heavy (non-hydrogen) atoms. The first-order valence-corrected chi connectivity index (χ1v) is 9.19. The molecule has 1 fully saturated rings. The number of aryl methyl sites for hydroxylation is 1. The van der Waals surface area contributed by atoms with Crippen LogP contribution in [-0.4, -0.2) is 59.5 Å². The number of rotatable bonds is 6. The summed E-state index contributed by atoms with van der Waals surface area (Å²) in [5, 5.41) is 8.91. The maximum atomic E-state index is 12.5.